The lowest BCUT2D eigenvalue weighted by atomic mass is 10.1. The molecule has 1 aromatic carbocycles. The third-order valence-corrected chi connectivity index (χ3v) is 2.36. The number of halogens is 4. The summed E-state index contributed by atoms with van der Waals surface area (Å²) in [7, 11) is 0. The van der Waals surface area contributed by atoms with Crippen molar-refractivity contribution < 1.29 is 18.1 Å². The Labute approximate surface area is 95.6 Å². The first-order chi connectivity index (χ1) is 7.27. The van der Waals surface area contributed by atoms with E-state index < -0.39 is 22.4 Å². The summed E-state index contributed by atoms with van der Waals surface area (Å²) in [5.74, 6) is 0. The molecule has 0 radical (unpaired) electrons. The highest BCUT2D eigenvalue weighted by atomic mass is 79.9. The summed E-state index contributed by atoms with van der Waals surface area (Å²) in [6, 6.07) is 2.62. The highest BCUT2D eigenvalue weighted by Gasteiger charge is 2.39. The Balaban J connectivity index is 3.57. The Hall–Kier alpha value is -1.62. The minimum absolute atomic E-state index is 0.0466. The number of nitrogens with zero attached hydrogens (tertiary/aromatic N) is 2. The van der Waals surface area contributed by atoms with E-state index in [0.29, 0.717) is 12.1 Å². The molecule has 4 nitrogen and oxygen atoms in total. The molecule has 0 heterocycles. The molecule has 0 saturated heterocycles. The minimum atomic E-state index is -4.87. The van der Waals surface area contributed by atoms with Crippen LogP contribution in [0.3, 0.4) is 0 Å². The predicted octanol–water partition coefficient (Wildman–Crippen LogP) is 3.25. The van der Waals surface area contributed by atoms with Crippen molar-refractivity contribution in [3.05, 3.63) is 37.8 Å². The fraction of sp³-hybridized carbons (Fsp3) is 0.125. The van der Waals surface area contributed by atoms with E-state index in [1.54, 1.807) is 0 Å². The predicted molar refractivity (Wildman–Crippen MR) is 50.5 cm³/mol. The molecular formula is C8H2BrF3N2O2. The molecule has 0 bridgehead atoms. The van der Waals surface area contributed by atoms with Gasteiger partial charge in [0.15, 0.2) is 0 Å². The second-order valence-electron chi connectivity index (χ2n) is 2.72. The first-order valence-corrected chi connectivity index (χ1v) is 4.52. The van der Waals surface area contributed by atoms with Crippen LogP contribution >= 0.6 is 15.9 Å². The molecule has 0 amide bonds. The molecule has 0 aliphatic rings. The Bertz CT molecular complexity index is 493. The van der Waals surface area contributed by atoms with Gasteiger partial charge in [-0.3, -0.25) is 10.1 Å². The van der Waals surface area contributed by atoms with Crippen molar-refractivity contribution in [2.24, 2.45) is 0 Å². The second-order valence-corrected chi connectivity index (χ2v) is 3.57. The van der Waals surface area contributed by atoms with Crippen molar-refractivity contribution in [2.75, 3.05) is 0 Å². The Morgan fingerprint density at radius 1 is 1.44 bits per heavy atom. The van der Waals surface area contributed by atoms with E-state index in [-0.39, 0.29) is 10.0 Å². The SMILES string of the molecule is N#Cc1cc(C(F)(F)F)c([N+](=O)[O-])cc1Br. The van der Waals surface area contributed by atoms with Crippen LogP contribution in [0.2, 0.25) is 0 Å². The average molecular weight is 295 g/mol. The Morgan fingerprint density at radius 2 is 2.00 bits per heavy atom. The van der Waals surface area contributed by atoms with Crippen LogP contribution in [0.5, 0.6) is 0 Å². The molecule has 16 heavy (non-hydrogen) atoms. The van der Waals surface area contributed by atoms with Crippen molar-refractivity contribution in [3.63, 3.8) is 0 Å². The fourth-order valence-corrected chi connectivity index (χ4v) is 1.45. The van der Waals surface area contributed by atoms with Crippen LogP contribution in [0.25, 0.3) is 0 Å². The summed E-state index contributed by atoms with van der Waals surface area (Å²) in [6.07, 6.45) is -4.87. The number of nitro benzene ring substituents is 1. The van der Waals surface area contributed by atoms with Gasteiger partial charge in [-0.05, 0) is 22.0 Å². The van der Waals surface area contributed by atoms with Crippen molar-refractivity contribution in [1.29, 1.82) is 5.26 Å². The highest BCUT2D eigenvalue weighted by Crippen LogP contribution is 2.38. The fourth-order valence-electron chi connectivity index (χ4n) is 1.03. The van der Waals surface area contributed by atoms with Gasteiger partial charge in [-0.2, -0.15) is 18.4 Å². The minimum Gasteiger partial charge on any atom is -0.258 e. The highest BCUT2D eigenvalue weighted by molar-refractivity contribution is 9.10. The molecule has 0 saturated carbocycles. The van der Waals surface area contributed by atoms with Gasteiger partial charge in [0.05, 0.1) is 10.5 Å². The van der Waals surface area contributed by atoms with E-state index in [0.717, 1.165) is 0 Å². The molecule has 84 valence electrons. The summed E-state index contributed by atoms with van der Waals surface area (Å²) in [4.78, 5) is 9.28. The van der Waals surface area contributed by atoms with Gasteiger partial charge in [0.25, 0.3) is 5.69 Å². The van der Waals surface area contributed by atoms with E-state index in [1.807, 2.05) is 0 Å². The van der Waals surface area contributed by atoms with Gasteiger partial charge in [0.2, 0.25) is 0 Å². The van der Waals surface area contributed by atoms with Gasteiger partial charge in [0.1, 0.15) is 11.6 Å². The maximum absolute atomic E-state index is 12.4. The standard InChI is InChI=1S/C8H2BrF3N2O2/c9-6-2-7(14(15)16)5(8(10,11)12)1-4(6)3-13/h1-2H. The topological polar surface area (TPSA) is 66.9 Å². The third-order valence-electron chi connectivity index (χ3n) is 1.71. The molecule has 0 aromatic heterocycles. The number of alkyl halides is 3. The summed E-state index contributed by atoms with van der Waals surface area (Å²) in [5, 5.41) is 18.9. The van der Waals surface area contributed by atoms with Crippen molar-refractivity contribution >= 4 is 21.6 Å². The van der Waals surface area contributed by atoms with E-state index in [9.17, 15) is 23.3 Å². The molecule has 0 aliphatic heterocycles. The van der Waals surface area contributed by atoms with Gasteiger partial charge in [0, 0.05) is 10.5 Å². The van der Waals surface area contributed by atoms with Crippen molar-refractivity contribution in [3.8, 4) is 6.07 Å². The lowest BCUT2D eigenvalue weighted by Crippen LogP contribution is -2.09. The monoisotopic (exact) mass is 294 g/mol. The zero-order valence-electron chi connectivity index (χ0n) is 7.38. The van der Waals surface area contributed by atoms with Gasteiger partial charge in [-0.25, -0.2) is 0 Å². The van der Waals surface area contributed by atoms with E-state index >= 15 is 0 Å². The molecule has 0 atom stereocenters. The molecule has 0 spiro atoms. The van der Waals surface area contributed by atoms with Gasteiger partial charge < -0.3 is 0 Å². The van der Waals surface area contributed by atoms with E-state index in [2.05, 4.69) is 15.9 Å². The van der Waals surface area contributed by atoms with E-state index in [4.69, 9.17) is 5.26 Å². The molecule has 0 aliphatic carbocycles. The maximum Gasteiger partial charge on any atom is 0.423 e. The molecule has 0 fully saturated rings. The molecule has 0 N–H and O–H groups in total. The number of nitriles is 1. The van der Waals surface area contributed by atoms with Crippen LogP contribution in [-0.2, 0) is 6.18 Å². The number of rotatable bonds is 1. The summed E-state index contributed by atoms with van der Waals surface area (Å²) in [6.45, 7) is 0. The molecular weight excluding hydrogens is 293 g/mol. The van der Waals surface area contributed by atoms with Crippen molar-refractivity contribution in [2.45, 2.75) is 6.18 Å². The van der Waals surface area contributed by atoms with Crippen LogP contribution in [0, 0.1) is 21.4 Å². The summed E-state index contributed by atoms with van der Waals surface area (Å²) >= 11 is 2.78. The Kier molecular flexibility index (Phi) is 3.19. The number of hydrogen-bond donors (Lipinski definition) is 0. The smallest absolute Gasteiger partial charge is 0.258 e. The van der Waals surface area contributed by atoms with Crippen molar-refractivity contribution in [1.82, 2.24) is 0 Å². The third kappa shape index (κ3) is 2.30. The number of nitro groups is 1. The zero-order chi connectivity index (χ0) is 12.5. The van der Waals surface area contributed by atoms with Crippen LogP contribution in [0.4, 0.5) is 18.9 Å². The quantitative estimate of drug-likeness (QED) is 0.590. The molecule has 1 rings (SSSR count). The summed E-state index contributed by atoms with van der Waals surface area (Å²) < 4.78 is 37.2. The van der Waals surface area contributed by atoms with Crippen LogP contribution in [0.1, 0.15) is 11.1 Å². The average Bonchev–Trinajstić information content (AvgIpc) is 2.15. The Morgan fingerprint density at radius 3 is 2.38 bits per heavy atom. The van der Waals surface area contributed by atoms with Gasteiger partial charge in [-0.15, -0.1) is 0 Å². The lowest BCUT2D eigenvalue weighted by molar-refractivity contribution is -0.388. The van der Waals surface area contributed by atoms with Crippen LogP contribution in [0.15, 0.2) is 16.6 Å². The maximum atomic E-state index is 12.4. The number of benzene rings is 1. The molecule has 8 heteroatoms. The van der Waals surface area contributed by atoms with Gasteiger partial charge in [-0.1, -0.05) is 0 Å². The summed E-state index contributed by atoms with van der Waals surface area (Å²) in [5.41, 5.74) is -2.83. The van der Waals surface area contributed by atoms with E-state index in [1.165, 1.54) is 6.07 Å². The lowest BCUT2D eigenvalue weighted by Gasteiger charge is -2.08. The molecule has 0 unspecified atom stereocenters. The second kappa shape index (κ2) is 4.09. The van der Waals surface area contributed by atoms with Gasteiger partial charge >= 0.3 is 6.18 Å². The van der Waals surface area contributed by atoms with Crippen LogP contribution < -0.4 is 0 Å². The first kappa shape index (κ1) is 12.4. The molecule has 1 aromatic rings. The largest absolute Gasteiger partial charge is 0.423 e. The zero-order valence-corrected chi connectivity index (χ0v) is 8.96. The number of hydrogen-bond acceptors (Lipinski definition) is 3. The normalized spacial score (nSPS) is 10.9. The van der Waals surface area contributed by atoms with Crippen LogP contribution in [-0.4, -0.2) is 4.92 Å². The first-order valence-electron chi connectivity index (χ1n) is 3.72.